The summed E-state index contributed by atoms with van der Waals surface area (Å²) in [6.07, 6.45) is 4.02. The van der Waals surface area contributed by atoms with Gasteiger partial charge in [-0.3, -0.25) is 0 Å². The van der Waals surface area contributed by atoms with Crippen LogP contribution >= 0.6 is 0 Å². The highest BCUT2D eigenvalue weighted by molar-refractivity contribution is 7.91. The fourth-order valence-electron chi connectivity index (χ4n) is 3.48. The van der Waals surface area contributed by atoms with Crippen molar-refractivity contribution in [3.05, 3.63) is 24.3 Å². The SMILES string of the molecule is O=S(=O)(c1ccccc1NC1CCCC2OCCC12)C(F)F. The Morgan fingerprint density at radius 2 is 1.95 bits per heavy atom. The second-order valence-corrected chi connectivity index (χ2v) is 7.73. The van der Waals surface area contributed by atoms with Crippen LogP contribution in [0.2, 0.25) is 0 Å². The second kappa shape index (κ2) is 6.12. The zero-order valence-electron chi connectivity index (χ0n) is 12.0. The van der Waals surface area contributed by atoms with Gasteiger partial charge in [0.25, 0.3) is 0 Å². The Kier molecular flexibility index (Phi) is 4.36. The molecule has 1 aromatic carbocycles. The highest BCUT2D eigenvalue weighted by Crippen LogP contribution is 2.37. The molecule has 3 atom stereocenters. The molecule has 2 fully saturated rings. The van der Waals surface area contributed by atoms with Crippen LogP contribution in [0.25, 0.3) is 0 Å². The van der Waals surface area contributed by atoms with Crippen LogP contribution in [0.5, 0.6) is 0 Å². The van der Waals surface area contributed by atoms with Crippen LogP contribution in [-0.4, -0.2) is 32.9 Å². The standard InChI is InChI=1S/C15H19F2NO3S/c16-15(17)22(19,20)14-7-2-1-4-12(14)18-11-5-3-6-13-10(11)8-9-21-13/h1-2,4,7,10-11,13,15,18H,3,5-6,8-9H2. The van der Waals surface area contributed by atoms with Gasteiger partial charge in [-0.1, -0.05) is 12.1 Å². The lowest BCUT2D eigenvalue weighted by atomic mass is 9.81. The molecule has 0 spiro atoms. The molecule has 2 aliphatic rings. The van der Waals surface area contributed by atoms with Crippen LogP contribution in [0.1, 0.15) is 25.7 Å². The van der Waals surface area contributed by atoms with Gasteiger partial charge in [-0.05, 0) is 37.8 Å². The molecule has 7 heteroatoms. The van der Waals surface area contributed by atoms with Gasteiger partial charge in [0.15, 0.2) is 0 Å². The van der Waals surface area contributed by atoms with Crippen molar-refractivity contribution >= 4 is 15.5 Å². The van der Waals surface area contributed by atoms with Crippen molar-refractivity contribution in [2.75, 3.05) is 11.9 Å². The van der Waals surface area contributed by atoms with Crippen molar-refractivity contribution in [3.8, 4) is 0 Å². The van der Waals surface area contributed by atoms with Gasteiger partial charge in [0.1, 0.15) is 0 Å². The molecule has 122 valence electrons. The largest absolute Gasteiger partial charge is 0.381 e. The smallest absolute Gasteiger partial charge is 0.341 e. The van der Waals surface area contributed by atoms with Gasteiger partial charge in [0.2, 0.25) is 9.84 Å². The lowest BCUT2D eigenvalue weighted by molar-refractivity contribution is 0.0620. The number of ether oxygens (including phenoxy) is 1. The average Bonchev–Trinajstić information content (AvgIpc) is 2.97. The average molecular weight is 331 g/mol. The lowest BCUT2D eigenvalue weighted by Gasteiger charge is -2.34. The summed E-state index contributed by atoms with van der Waals surface area (Å²) in [5, 5.41) is 3.19. The van der Waals surface area contributed by atoms with E-state index in [2.05, 4.69) is 5.32 Å². The van der Waals surface area contributed by atoms with Crippen LogP contribution in [0.4, 0.5) is 14.5 Å². The van der Waals surface area contributed by atoms with Gasteiger partial charge in [-0.15, -0.1) is 0 Å². The predicted octanol–water partition coefficient (Wildman–Crippen LogP) is 3.05. The molecule has 3 rings (SSSR count). The van der Waals surface area contributed by atoms with E-state index in [9.17, 15) is 17.2 Å². The number of fused-ring (bicyclic) bond motifs is 1. The van der Waals surface area contributed by atoms with E-state index in [4.69, 9.17) is 4.74 Å². The minimum Gasteiger partial charge on any atom is -0.381 e. The number of para-hydroxylation sites is 1. The number of sulfone groups is 1. The first kappa shape index (κ1) is 15.7. The van der Waals surface area contributed by atoms with E-state index in [0.29, 0.717) is 12.5 Å². The minimum atomic E-state index is -4.61. The van der Waals surface area contributed by atoms with Crippen molar-refractivity contribution in [3.63, 3.8) is 0 Å². The van der Waals surface area contributed by atoms with E-state index in [-0.39, 0.29) is 22.7 Å². The fourth-order valence-corrected chi connectivity index (χ4v) is 4.38. The number of nitrogens with one attached hydrogen (secondary N) is 1. The van der Waals surface area contributed by atoms with Gasteiger partial charge in [-0.2, -0.15) is 8.78 Å². The molecule has 1 saturated carbocycles. The first-order valence-electron chi connectivity index (χ1n) is 7.49. The number of rotatable bonds is 4. The fraction of sp³-hybridized carbons (Fsp3) is 0.600. The summed E-state index contributed by atoms with van der Waals surface area (Å²) < 4.78 is 55.0. The molecular formula is C15H19F2NO3S. The molecule has 0 bridgehead atoms. The summed E-state index contributed by atoms with van der Waals surface area (Å²) in [6.45, 7) is 0.713. The van der Waals surface area contributed by atoms with Crippen LogP contribution in [0, 0.1) is 5.92 Å². The van der Waals surface area contributed by atoms with Crippen LogP contribution in [-0.2, 0) is 14.6 Å². The lowest BCUT2D eigenvalue weighted by Crippen LogP contribution is -2.38. The molecule has 0 amide bonds. The Hall–Kier alpha value is -1.21. The zero-order valence-corrected chi connectivity index (χ0v) is 12.9. The summed E-state index contributed by atoms with van der Waals surface area (Å²) in [7, 11) is -4.61. The summed E-state index contributed by atoms with van der Waals surface area (Å²) in [4.78, 5) is -0.328. The monoisotopic (exact) mass is 331 g/mol. The third-order valence-corrected chi connectivity index (χ3v) is 5.99. The maximum absolute atomic E-state index is 12.8. The Bertz CT molecular complexity index is 635. The van der Waals surface area contributed by atoms with E-state index >= 15 is 0 Å². The number of hydrogen-bond acceptors (Lipinski definition) is 4. The summed E-state index contributed by atoms with van der Waals surface area (Å²) in [6, 6.07) is 5.96. The highest BCUT2D eigenvalue weighted by atomic mass is 32.2. The topological polar surface area (TPSA) is 55.4 Å². The number of benzene rings is 1. The third kappa shape index (κ3) is 2.84. The molecular weight excluding hydrogens is 312 g/mol. The quantitative estimate of drug-likeness (QED) is 0.921. The molecule has 4 nitrogen and oxygen atoms in total. The summed E-state index contributed by atoms with van der Waals surface area (Å²) in [5.74, 6) is -3.10. The highest BCUT2D eigenvalue weighted by Gasteiger charge is 2.38. The maximum atomic E-state index is 12.8. The van der Waals surface area contributed by atoms with Gasteiger partial charge in [0.05, 0.1) is 16.7 Å². The van der Waals surface area contributed by atoms with Gasteiger partial charge < -0.3 is 10.1 Å². The van der Waals surface area contributed by atoms with E-state index < -0.39 is 15.6 Å². The molecule has 22 heavy (non-hydrogen) atoms. The summed E-state index contributed by atoms with van der Waals surface area (Å²) >= 11 is 0. The van der Waals surface area contributed by atoms with E-state index in [1.165, 1.54) is 12.1 Å². The minimum absolute atomic E-state index is 0.0651. The van der Waals surface area contributed by atoms with Gasteiger partial charge in [-0.25, -0.2) is 8.42 Å². The summed E-state index contributed by atoms with van der Waals surface area (Å²) in [5.41, 5.74) is 0.264. The molecule has 0 aromatic heterocycles. The third-order valence-electron chi connectivity index (χ3n) is 4.55. The first-order valence-corrected chi connectivity index (χ1v) is 9.04. The van der Waals surface area contributed by atoms with Crippen molar-refractivity contribution in [2.24, 2.45) is 5.92 Å². The van der Waals surface area contributed by atoms with E-state index in [1.807, 2.05) is 0 Å². The zero-order chi connectivity index (χ0) is 15.7. The van der Waals surface area contributed by atoms with Crippen molar-refractivity contribution in [1.29, 1.82) is 0 Å². The number of halogens is 2. The predicted molar refractivity (Wildman–Crippen MR) is 78.7 cm³/mol. The number of hydrogen-bond donors (Lipinski definition) is 1. The van der Waals surface area contributed by atoms with Crippen molar-refractivity contribution in [2.45, 2.75) is 48.5 Å². The molecule has 1 saturated heterocycles. The molecule has 1 heterocycles. The Morgan fingerprint density at radius 1 is 1.18 bits per heavy atom. The molecule has 1 aliphatic heterocycles. The Balaban J connectivity index is 1.87. The van der Waals surface area contributed by atoms with Crippen LogP contribution in [0.3, 0.4) is 0 Å². The normalized spacial score (nSPS) is 28.6. The molecule has 1 aromatic rings. The molecule has 1 N–H and O–H groups in total. The first-order chi connectivity index (χ1) is 10.5. The van der Waals surface area contributed by atoms with E-state index in [0.717, 1.165) is 25.7 Å². The Labute approximate surface area is 128 Å². The molecule has 0 radical (unpaired) electrons. The molecule has 3 unspecified atom stereocenters. The van der Waals surface area contributed by atoms with Crippen molar-refractivity contribution in [1.82, 2.24) is 0 Å². The number of anilines is 1. The van der Waals surface area contributed by atoms with Crippen LogP contribution < -0.4 is 5.32 Å². The van der Waals surface area contributed by atoms with Crippen molar-refractivity contribution < 1.29 is 21.9 Å². The van der Waals surface area contributed by atoms with E-state index in [1.54, 1.807) is 12.1 Å². The Morgan fingerprint density at radius 3 is 2.73 bits per heavy atom. The number of alkyl halides is 2. The van der Waals surface area contributed by atoms with Crippen LogP contribution in [0.15, 0.2) is 29.2 Å². The maximum Gasteiger partial charge on any atom is 0.341 e. The van der Waals surface area contributed by atoms with Gasteiger partial charge in [0, 0.05) is 18.6 Å². The second-order valence-electron chi connectivity index (χ2n) is 5.85. The molecule has 1 aliphatic carbocycles. The van der Waals surface area contributed by atoms with Gasteiger partial charge >= 0.3 is 5.76 Å².